The van der Waals surface area contributed by atoms with Crippen molar-refractivity contribution in [2.24, 2.45) is 0 Å². The van der Waals surface area contributed by atoms with E-state index in [0.717, 1.165) is 24.1 Å². The van der Waals surface area contributed by atoms with Crippen LogP contribution in [0.25, 0.3) is 11.3 Å². The van der Waals surface area contributed by atoms with Crippen LogP contribution in [0.4, 0.5) is 0 Å². The molecule has 2 aromatic rings. The fourth-order valence-corrected chi connectivity index (χ4v) is 2.72. The molecule has 4 nitrogen and oxygen atoms in total. The lowest BCUT2D eigenvalue weighted by molar-refractivity contribution is 0.0972. The molecule has 1 aliphatic rings. The molecule has 0 saturated heterocycles. The van der Waals surface area contributed by atoms with Gasteiger partial charge in [0.25, 0.3) is 0 Å². The molecule has 0 radical (unpaired) electrons. The van der Waals surface area contributed by atoms with Crippen molar-refractivity contribution >= 4 is 17.4 Å². The minimum absolute atomic E-state index is 0.111. The smallest absolute Gasteiger partial charge is 0.166 e. The van der Waals surface area contributed by atoms with Crippen molar-refractivity contribution in [3.05, 3.63) is 40.5 Å². The second-order valence-electron chi connectivity index (χ2n) is 4.77. The molecule has 0 bridgehead atoms. The van der Waals surface area contributed by atoms with Crippen molar-refractivity contribution < 1.29 is 4.79 Å². The summed E-state index contributed by atoms with van der Waals surface area (Å²) in [5.74, 6) is 0.111. The predicted molar refractivity (Wildman–Crippen MR) is 75.6 cm³/mol. The van der Waals surface area contributed by atoms with E-state index in [2.05, 4.69) is 11.2 Å². The molecule has 0 spiro atoms. The average molecular weight is 286 g/mol. The van der Waals surface area contributed by atoms with Crippen LogP contribution in [-0.2, 0) is 13.0 Å². The van der Waals surface area contributed by atoms with Crippen LogP contribution in [-0.4, -0.2) is 15.6 Å². The fourth-order valence-electron chi connectivity index (χ4n) is 2.59. The summed E-state index contributed by atoms with van der Waals surface area (Å²) < 4.78 is 1.65. The van der Waals surface area contributed by atoms with E-state index in [1.807, 2.05) is 12.1 Å². The fraction of sp³-hybridized carbons (Fsp3) is 0.267. The van der Waals surface area contributed by atoms with Gasteiger partial charge in [-0.3, -0.25) is 9.48 Å². The summed E-state index contributed by atoms with van der Waals surface area (Å²) in [5, 5.41) is 14.0. The van der Waals surface area contributed by atoms with Gasteiger partial charge < -0.3 is 0 Å². The zero-order chi connectivity index (χ0) is 14.1. The Morgan fingerprint density at radius 3 is 2.75 bits per heavy atom. The highest BCUT2D eigenvalue weighted by molar-refractivity contribution is 6.30. The first-order valence-electron chi connectivity index (χ1n) is 6.46. The topological polar surface area (TPSA) is 58.7 Å². The zero-order valence-corrected chi connectivity index (χ0v) is 11.5. The number of rotatable bonds is 2. The lowest BCUT2D eigenvalue weighted by atomic mass is 9.92. The number of nitrogens with zero attached hydrogens (tertiary/aromatic N) is 3. The lowest BCUT2D eigenvalue weighted by Crippen LogP contribution is -2.13. The molecule has 1 aromatic carbocycles. The number of benzene rings is 1. The molecule has 1 aromatic heterocycles. The van der Waals surface area contributed by atoms with Crippen molar-refractivity contribution in [2.45, 2.75) is 25.8 Å². The van der Waals surface area contributed by atoms with Crippen LogP contribution >= 0.6 is 11.6 Å². The van der Waals surface area contributed by atoms with Gasteiger partial charge >= 0.3 is 0 Å². The minimum atomic E-state index is 0.111. The van der Waals surface area contributed by atoms with Crippen LogP contribution in [0.1, 0.15) is 28.9 Å². The van der Waals surface area contributed by atoms with Crippen LogP contribution < -0.4 is 0 Å². The maximum absolute atomic E-state index is 12.2. The molecule has 100 valence electrons. The number of ketones is 1. The molecule has 1 aliphatic carbocycles. The van der Waals surface area contributed by atoms with Crippen molar-refractivity contribution in [1.29, 1.82) is 5.26 Å². The van der Waals surface area contributed by atoms with Crippen LogP contribution in [0.5, 0.6) is 0 Å². The Bertz CT molecular complexity index is 710. The quantitative estimate of drug-likeness (QED) is 0.851. The molecular weight excluding hydrogens is 274 g/mol. The van der Waals surface area contributed by atoms with Crippen molar-refractivity contribution in [3.63, 3.8) is 0 Å². The van der Waals surface area contributed by atoms with E-state index in [1.54, 1.807) is 16.8 Å². The molecule has 0 unspecified atom stereocenters. The maximum Gasteiger partial charge on any atom is 0.166 e. The Hall–Kier alpha value is -2.12. The van der Waals surface area contributed by atoms with Crippen LogP contribution in [0.2, 0.25) is 5.02 Å². The summed E-state index contributed by atoms with van der Waals surface area (Å²) in [5.41, 5.74) is 3.08. The molecule has 20 heavy (non-hydrogen) atoms. The van der Waals surface area contributed by atoms with Crippen LogP contribution in [0.15, 0.2) is 24.3 Å². The number of hydrogen-bond donors (Lipinski definition) is 0. The molecule has 0 fully saturated rings. The van der Waals surface area contributed by atoms with Crippen molar-refractivity contribution in [1.82, 2.24) is 9.78 Å². The van der Waals surface area contributed by atoms with Gasteiger partial charge in [0.2, 0.25) is 0 Å². The van der Waals surface area contributed by atoms with Crippen molar-refractivity contribution in [3.8, 4) is 17.3 Å². The number of nitriles is 1. The van der Waals surface area contributed by atoms with Crippen molar-refractivity contribution in [2.75, 3.05) is 0 Å². The first kappa shape index (κ1) is 12.9. The highest BCUT2D eigenvalue weighted by Gasteiger charge is 2.27. The zero-order valence-electron chi connectivity index (χ0n) is 10.8. The van der Waals surface area contributed by atoms with Gasteiger partial charge in [-0.15, -0.1) is 0 Å². The number of hydrogen-bond acceptors (Lipinski definition) is 3. The van der Waals surface area contributed by atoms with Gasteiger partial charge in [0, 0.05) is 17.0 Å². The van der Waals surface area contributed by atoms with Crippen LogP contribution in [0, 0.1) is 11.3 Å². The van der Waals surface area contributed by atoms with E-state index in [-0.39, 0.29) is 12.3 Å². The highest BCUT2D eigenvalue weighted by atomic mass is 35.5. The molecule has 0 amide bonds. The van der Waals surface area contributed by atoms with Gasteiger partial charge in [0.15, 0.2) is 5.78 Å². The van der Waals surface area contributed by atoms with Crippen LogP contribution in [0.3, 0.4) is 0 Å². The van der Waals surface area contributed by atoms with Gasteiger partial charge in [-0.25, -0.2) is 0 Å². The molecular formula is C15H12ClN3O. The average Bonchev–Trinajstić information content (AvgIpc) is 2.81. The third-order valence-corrected chi connectivity index (χ3v) is 3.74. The molecule has 0 aliphatic heterocycles. The number of aromatic nitrogens is 2. The van der Waals surface area contributed by atoms with Gasteiger partial charge in [-0.1, -0.05) is 23.7 Å². The number of carbonyl (C=O) groups is 1. The summed E-state index contributed by atoms with van der Waals surface area (Å²) in [6, 6.07) is 9.35. The predicted octanol–water partition coefficient (Wildman–Crippen LogP) is 3.25. The van der Waals surface area contributed by atoms with E-state index in [9.17, 15) is 4.79 Å². The van der Waals surface area contributed by atoms with Gasteiger partial charge in [-0.2, -0.15) is 10.4 Å². The van der Waals surface area contributed by atoms with Gasteiger partial charge in [0.05, 0.1) is 17.3 Å². The Labute approximate surface area is 121 Å². The maximum atomic E-state index is 12.2. The number of carbonyl (C=O) groups excluding carboxylic acids is 1. The third-order valence-electron chi connectivity index (χ3n) is 3.49. The van der Waals surface area contributed by atoms with E-state index in [4.69, 9.17) is 16.9 Å². The molecule has 1 heterocycles. The van der Waals surface area contributed by atoms with E-state index >= 15 is 0 Å². The SMILES string of the molecule is N#CCn1nc(-c2ccc(Cl)cc2)c2c1CCCC2=O. The standard InChI is InChI=1S/C15H12ClN3O/c16-11-6-4-10(5-7-11)15-14-12(2-1-3-13(14)20)19(18-15)9-8-17/h4-7H,1-3,9H2. The summed E-state index contributed by atoms with van der Waals surface area (Å²) in [4.78, 5) is 12.2. The van der Waals surface area contributed by atoms with Gasteiger partial charge in [0.1, 0.15) is 12.2 Å². The number of Topliss-reactive ketones (excluding diaryl/α,β-unsaturated/α-hetero) is 1. The highest BCUT2D eigenvalue weighted by Crippen LogP contribution is 2.31. The molecule has 0 atom stereocenters. The minimum Gasteiger partial charge on any atom is -0.294 e. The normalized spacial score (nSPS) is 13.9. The van der Waals surface area contributed by atoms with E-state index in [0.29, 0.717) is 22.7 Å². The molecule has 3 rings (SSSR count). The summed E-state index contributed by atoms with van der Waals surface area (Å²) in [7, 11) is 0. The summed E-state index contributed by atoms with van der Waals surface area (Å²) in [6.45, 7) is 0.170. The Kier molecular flexibility index (Phi) is 3.29. The first-order valence-corrected chi connectivity index (χ1v) is 6.84. The lowest BCUT2D eigenvalue weighted by Gasteiger charge is -2.12. The number of halogens is 1. The van der Waals surface area contributed by atoms with E-state index in [1.165, 1.54) is 0 Å². The Morgan fingerprint density at radius 1 is 1.30 bits per heavy atom. The van der Waals surface area contributed by atoms with E-state index < -0.39 is 0 Å². The Morgan fingerprint density at radius 2 is 2.05 bits per heavy atom. The summed E-state index contributed by atoms with van der Waals surface area (Å²) >= 11 is 5.89. The third kappa shape index (κ3) is 2.10. The summed E-state index contributed by atoms with van der Waals surface area (Å²) in [6.07, 6.45) is 2.16. The second-order valence-corrected chi connectivity index (χ2v) is 5.21. The first-order chi connectivity index (χ1) is 9.70. The molecule has 0 saturated carbocycles. The number of fused-ring (bicyclic) bond motifs is 1. The second kappa shape index (κ2) is 5.10. The Balaban J connectivity index is 2.18. The van der Waals surface area contributed by atoms with Gasteiger partial charge in [-0.05, 0) is 25.0 Å². The molecule has 0 N–H and O–H groups in total. The monoisotopic (exact) mass is 285 g/mol. The largest absolute Gasteiger partial charge is 0.294 e. The molecule has 5 heteroatoms.